The first kappa shape index (κ1) is 22.0. The third-order valence-electron chi connectivity index (χ3n) is 6.13. The van der Waals surface area contributed by atoms with Gasteiger partial charge in [-0.2, -0.15) is 0 Å². The van der Waals surface area contributed by atoms with Crippen LogP contribution in [0.1, 0.15) is 36.4 Å². The van der Waals surface area contributed by atoms with Gasteiger partial charge in [-0.05, 0) is 49.6 Å². The predicted molar refractivity (Wildman–Crippen MR) is 121 cm³/mol. The van der Waals surface area contributed by atoms with E-state index in [4.69, 9.17) is 9.47 Å². The predicted octanol–water partition coefficient (Wildman–Crippen LogP) is 5.20. The molecule has 1 saturated heterocycles. The average Bonchev–Trinajstić information content (AvgIpc) is 2.85. The van der Waals surface area contributed by atoms with E-state index < -0.39 is 0 Å². The fourth-order valence-corrected chi connectivity index (χ4v) is 4.59. The van der Waals surface area contributed by atoms with Gasteiger partial charge in [0.05, 0.1) is 31.5 Å². The number of piperidine rings is 1. The molecule has 1 aliphatic rings. The van der Waals surface area contributed by atoms with Crippen molar-refractivity contribution >= 4 is 6.29 Å². The van der Waals surface area contributed by atoms with Gasteiger partial charge < -0.3 is 14.3 Å². The molecule has 32 heavy (non-hydrogen) atoms. The molecule has 3 aromatic rings. The van der Waals surface area contributed by atoms with E-state index in [-0.39, 0.29) is 17.9 Å². The van der Waals surface area contributed by atoms with Crippen molar-refractivity contribution in [2.45, 2.75) is 37.9 Å². The zero-order valence-electron chi connectivity index (χ0n) is 18.3. The van der Waals surface area contributed by atoms with Crippen molar-refractivity contribution in [1.82, 2.24) is 9.88 Å². The summed E-state index contributed by atoms with van der Waals surface area (Å²) in [7, 11) is 3.25. The number of nitrogens with zero attached hydrogens (tertiary/aromatic N) is 2. The van der Waals surface area contributed by atoms with E-state index in [0.29, 0.717) is 34.9 Å². The van der Waals surface area contributed by atoms with Gasteiger partial charge in [0.1, 0.15) is 23.6 Å². The highest BCUT2D eigenvalue weighted by Gasteiger charge is 2.35. The molecule has 0 spiro atoms. The summed E-state index contributed by atoms with van der Waals surface area (Å²) in [6, 6.07) is 16.0. The maximum Gasteiger partial charge on any atom is 0.137 e. The maximum absolute atomic E-state index is 15.6. The number of carbonyl (C=O) groups excluding carboxylic acids is 1. The first-order chi connectivity index (χ1) is 15.7. The second-order valence-electron chi connectivity index (χ2n) is 7.89. The smallest absolute Gasteiger partial charge is 0.137 e. The van der Waals surface area contributed by atoms with Crippen LogP contribution in [0, 0.1) is 5.82 Å². The number of carbonyl (C=O) groups is 1. The maximum atomic E-state index is 15.6. The van der Waals surface area contributed by atoms with Crippen molar-refractivity contribution in [3.05, 3.63) is 77.7 Å². The van der Waals surface area contributed by atoms with Crippen LogP contribution in [0.25, 0.3) is 11.3 Å². The molecule has 1 aliphatic heterocycles. The zero-order chi connectivity index (χ0) is 22.5. The minimum atomic E-state index is -0.318. The van der Waals surface area contributed by atoms with Crippen molar-refractivity contribution in [2.24, 2.45) is 0 Å². The van der Waals surface area contributed by atoms with Crippen LogP contribution in [0.2, 0.25) is 0 Å². The second-order valence-corrected chi connectivity index (χ2v) is 7.89. The number of hydrogen-bond donors (Lipinski definition) is 0. The van der Waals surface area contributed by atoms with Crippen LogP contribution in [0.4, 0.5) is 4.39 Å². The Morgan fingerprint density at radius 3 is 2.44 bits per heavy atom. The van der Waals surface area contributed by atoms with Crippen LogP contribution in [-0.4, -0.2) is 36.4 Å². The van der Waals surface area contributed by atoms with Gasteiger partial charge in [0.15, 0.2) is 0 Å². The topological polar surface area (TPSA) is 51.7 Å². The van der Waals surface area contributed by atoms with Crippen molar-refractivity contribution < 1.29 is 18.7 Å². The van der Waals surface area contributed by atoms with Gasteiger partial charge in [-0.15, -0.1) is 0 Å². The molecule has 6 heteroatoms. The molecule has 2 aromatic carbocycles. The fourth-order valence-electron chi connectivity index (χ4n) is 4.59. The minimum Gasteiger partial charge on any atom is -0.496 e. The molecule has 2 unspecified atom stereocenters. The Labute approximate surface area is 187 Å². The Kier molecular flexibility index (Phi) is 6.81. The van der Waals surface area contributed by atoms with E-state index in [9.17, 15) is 4.79 Å². The van der Waals surface area contributed by atoms with Gasteiger partial charge >= 0.3 is 0 Å². The minimum absolute atomic E-state index is 0.136. The molecule has 2 heterocycles. The molecule has 2 atom stereocenters. The van der Waals surface area contributed by atoms with E-state index in [0.717, 1.165) is 31.1 Å². The van der Waals surface area contributed by atoms with Gasteiger partial charge in [0, 0.05) is 29.9 Å². The number of hydrogen-bond acceptors (Lipinski definition) is 5. The van der Waals surface area contributed by atoms with Crippen molar-refractivity contribution in [1.29, 1.82) is 0 Å². The van der Waals surface area contributed by atoms with Crippen LogP contribution in [0.3, 0.4) is 0 Å². The summed E-state index contributed by atoms with van der Waals surface area (Å²) in [5, 5.41) is 0. The molecule has 0 aliphatic carbocycles. The standard InChI is InChI=1S/C26H27FN2O3/c1-31-23-13-7-14-24(32-2)25(23)22-12-6-9-19(17-30)29(22)16-18-8-5-10-20(26(18)27)21-11-3-4-15-28-21/h3-5,7-8,10-11,13-15,17,19,22H,6,9,12,16H2,1-2H3. The number of benzene rings is 2. The Morgan fingerprint density at radius 2 is 1.78 bits per heavy atom. The molecular formula is C26H27FN2O3. The van der Waals surface area contributed by atoms with Crippen LogP contribution < -0.4 is 9.47 Å². The van der Waals surface area contributed by atoms with E-state index in [1.807, 2.05) is 30.3 Å². The number of aromatic nitrogens is 1. The van der Waals surface area contributed by atoms with Crippen LogP contribution in [-0.2, 0) is 11.3 Å². The van der Waals surface area contributed by atoms with Gasteiger partial charge in [0.2, 0.25) is 0 Å². The number of ether oxygens (including phenoxy) is 2. The normalized spacial score (nSPS) is 18.8. The lowest BCUT2D eigenvalue weighted by Crippen LogP contribution is -2.42. The molecule has 166 valence electrons. The average molecular weight is 435 g/mol. The second kappa shape index (κ2) is 9.92. The third kappa shape index (κ3) is 4.23. The number of aldehydes is 1. The summed E-state index contributed by atoms with van der Waals surface area (Å²) in [6.07, 6.45) is 5.07. The van der Waals surface area contributed by atoms with E-state index in [2.05, 4.69) is 9.88 Å². The van der Waals surface area contributed by atoms with Crippen molar-refractivity contribution in [3.8, 4) is 22.8 Å². The van der Waals surface area contributed by atoms with E-state index in [1.165, 1.54) is 0 Å². The highest BCUT2D eigenvalue weighted by Crippen LogP contribution is 2.44. The number of halogens is 1. The monoisotopic (exact) mass is 434 g/mol. The van der Waals surface area contributed by atoms with Gasteiger partial charge in [0.25, 0.3) is 0 Å². The zero-order valence-corrected chi connectivity index (χ0v) is 18.3. The molecule has 0 bridgehead atoms. The van der Waals surface area contributed by atoms with Gasteiger partial charge in [-0.25, -0.2) is 4.39 Å². The first-order valence-corrected chi connectivity index (χ1v) is 10.8. The summed E-state index contributed by atoms with van der Waals surface area (Å²) in [5.74, 6) is 1.09. The highest BCUT2D eigenvalue weighted by atomic mass is 19.1. The van der Waals surface area contributed by atoms with Crippen LogP contribution >= 0.6 is 0 Å². The SMILES string of the molecule is COc1cccc(OC)c1C1CCCC(C=O)N1Cc1cccc(-c2ccccn2)c1F. The Bertz CT molecular complexity index is 1050. The molecular weight excluding hydrogens is 407 g/mol. The van der Waals surface area contributed by atoms with Crippen LogP contribution in [0.5, 0.6) is 11.5 Å². The summed E-state index contributed by atoms with van der Waals surface area (Å²) in [6.45, 7) is 0.293. The number of methoxy groups -OCH3 is 2. The number of likely N-dealkylation sites (tertiary alicyclic amines) is 1. The third-order valence-corrected chi connectivity index (χ3v) is 6.13. The summed E-state index contributed by atoms with van der Waals surface area (Å²) >= 11 is 0. The van der Waals surface area contributed by atoms with E-state index in [1.54, 1.807) is 44.7 Å². The van der Waals surface area contributed by atoms with Crippen molar-refractivity contribution in [2.75, 3.05) is 14.2 Å². The Balaban J connectivity index is 1.75. The Morgan fingerprint density at radius 1 is 1.03 bits per heavy atom. The quantitative estimate of drug-likeness (QED) is 0.479. The number of pyridine rings is 1. The van der Waals surface area contributed by atoms with Crippen LogP contribution in [0.15, 0.2) is 60.8 Å². The summed E-state index contributed by atoms with van der Waals surface area (Å²) in [4.78, 5) is 18.4. The van der Waals surface area contributed by atoms with Crippen molar-refractivity contribution in [3.63, 3.8) is 0 Å². The molecule has 1 fully saturated rings. The van der Waals surface area contributed by atoms with Gasteiger partial charge in [-0.1, -0.05) is 24.3 Å². The molecule has 5 nitrogen and oxygen atoms in total. The largest absolute Gasteiger partial charge is 0.496 e. The highest BCUT2D eigenvalue weighted by molar-refractivity contribution is 5.61. The molecule has 0 radical (unpaired) electrons. The lowest BCUT2D eigenvalue weighted by atomic mass is 9.89. The Hall–Kier alpha value is -3.25. The van der Waals surface area contributed by atoms with E-state index >= 15 is 4.39 Å². The molecule has 4 rings (SSSR count). The number of rotatable bonds is 7. The molecule has 0 amide bonds. The summed E-state index contributed by atoms with van der Waals surface area (Å²) in [5.41, 5.74) is 2.46. The fraction of sp³-hybridized carbons (Fsp3) is 0.308. The molecule has 0 N–H and O–H groups in total. The van der Waals surface area contributed by atoms with Gasteiger partial charge in [-0.3, -0.25) is 9.88 Å². The summed E-state index contributed by atoms with van der Waals surface area (Å²) < 4.78 is 26.8. The molecule has 0 saturated carbocycles. The lowest BCUT2D eigenvalue weighted by molar-refractivity contribution is -0.115. The first-order valence-electron chi connectivity index (χ1n) is 10.8. The molecule has 1 aromatic heterocycles. The lowest BCUT2D eigenvalue weighted by Gasteiger charge is -2.41.